The molecular formula is C18H24N3O3+. The number of carbonyl (C=O) groups is 1. The van der Waals surface area contributed by atoms with Crippen LogP contribution in [0.5, 0.6) is 0 Å². The van der Waals surface area contributed by atoms with Crippen molar-refractivity contribution < 1.29 is 14.6 Å². The van der Waals surface area contributed by atoms with Crippen molar-refractivity contribution in [1.29, 1.82) is 0 Å². The number of nitro benzene ring substituents is 1. The highest BCUT2D eigenvalue weighted by Gasteiger charge is 2.26. The van der Waals surface area contributed by atoms with E-state index in [1.165, 1.54) is 37.9 Å². The quantitative estimate of drug-likeness (QED) is 0.514. The van der Waals surface area contributed by atoms with E-state index in [-0.39, 0.29) is 11.6 Å². The van der Waals surface area contributed by atoms with Crippen LogP contribution >= 0.6 is 0 Å². The minimum absolute atomic E-state index is 0.0161. The number of piperazine rings is 1. The van der Waals surface area contributed by atoms with Crippen molar-refractivity contribution in [2.24, 2.45) is 5.92 Å². The third-order valence-corrected chi connectivity index (χ3v) is 5.04. The molecule has 1 saturated heterocycles. The Morgan fingerprint density at radius 3 is 2.50 bits per heavy atom. The first-order valence-electron chi connectivity index (χ1n) is 8.66. The maximum Gasteiger partial charge on any atom is 0.269 e. The van der Waals surface area contributed by atoms with Crippen LogP contribution in [0.2, 0.25) is 0 Å². The number of hydrogen-bond acceptors (Lipinski definition) is 3. The molecule has 0 spiro atoms. The normalized spacial score (nSPS) is 21.7. The number of hydrogen-bond donors (Lipinski definition) is 1. The molecule has 2 aliphatic rings. The Morgan fingerprint density at radius 2 is 1.92 bits per heavy atom. The van der Waals surface area contributed by atoms with E-state index in [2.05, 4.69) is 12.2 Å². The molecule has 6 heteroatoms. The number of rotatable bonds is 4. The Balaban J connectivity index is 1.51. The first-order chi connectivity index (χ1) is 11.6. The molecule has 1 unspecified atom stereocenters. The van der Waals surface area contributed by atoms with Gasteiger partial charge in [0.25, 0.3) is 11.6 Å². The van der Waals surface area contributed by atoms with Crippen molar-refractivity contribution in [3.63, 3.8) is 0 Å². The van der Waals surface area contributed by atoms with Crippen molar-refractivity contribution in [2.75, 3.05) is 32.7 Å². The van der Waals surface area contributed by atoms with Crippen LogP contribution in [-0.4, -0.2) is 48.5 Å². The SMILES string of the molecule is O=C(c1ccc([N+](=O)[O-])cc1)N1CC[NH+](CC2CC=CCC2)CC1. The molecule has 1 N–H and O–H groups in total. The number of nitrogens with one attached hydrogen (secondary N) is 1. The summed E-state index contributed by atoms with van der Waals surface area (Å²) in [5.74, 6) is 0.756. The average Bonchev–Trinajstić information content (AvgIpc) is 2.63. The third-order valence-electron chi connectivity index (χ3n) is 5.04. The number of quaternary nitrogens is 1. The summed E-state index contributed by atoms with van der Waals surface area (Å²) in [6, 6.07) is 5.89. The van der Waals surface area contributed by atoms with Crippen molar-refractivity contribution in [2.45, 2.75) is 19.3 Å². The maximum absolute atomic E-state index is 12.5. The molecule has 1 aliphatic carbocycles. The van der Waals surface area contributed by atoms with Crippen LogP contribution in [0, 0.1) is 16.0 Å². The van der Waals surface area contributed by atoms with Gasteiger partial charge in [0.15, 0.2) is 0 Å². The monoisotopic (exact) mass is 330 g/mol. The minimum Gasteiger partial charge on any atom is -0.332 e. The number of amides is 1. The Bertz CT molecular complexity index is 619. The Morgan fingerprint density at radius 1 is 1.21 bits per heavy atom. The van der Waals surface area contributed by atoms with E-state index in [4.69, 9.17) is 0 Å². The summed E-state index contributed by atoms with van der Waals surface area (Å²) in [6.07, 6.45) is 8.23. The summed E-state index contributed by atoms with van der Waals surface area (Å²) < 4.78 is 0. The lowest BCUT2D eigenvalue weighted by Gasteiger charge is -2.34. The molecule has 1 heterocycles. The van der Waals surface area contributed by atoms with Gasteiger partial charge in [-0.1, -0.05) is 12.2 Å². The fourth-order valence-electron chi connectivity index (χ4n) is 3.59. The number of benzene rings is 1. The summed E-state index contributed by atoms with van der Waals surface area (Å²) in [4.78, 5) is 26.2. The first-order valence-corrected chi connectivity index (χ1v) is 8.66. The zero-order valence-electron chi connectivity index (χ0n) is 13.8. The molecule has 1 aromatic rings. The molecule has 1 aliphatic heterocycles. The molecule has 6 nitrogen and oxygen atoms in total. The number of allylic oxidation sites excluding steroid dienone is 2. The smallest absolute Gasteiger partial charge is 0.269 e. The topological polar surface area (TPSA) is 67.9 Å². The fraction of sp³-hybridized carbons (Fsp3) is 0.500. The standard InChI is InChI=1S/C18H23N3O3/c22-18(16-6-8-17(9-7-16)21(23)24)20-12-10-19(11-13-20)14-15-4-2-1-3-5-15/h1-2,6-9,15H,3-5,10-14H2/p+1. The summed E-state index contributed by atoms with van der Waals surface area (Å²) in [6.45, 7) is 4.68. The van der Waals surface area contributed by atoms with Gasteiger partial charge in [-0.15, -0.1) is 0 Å². The molecule has 128 valence electrons. The zero-order chi connectivity index (χ0) is 16.9. The van der Waals surface area contributed by atoms with Gasteiger partial charge in [-0.2, -0.15) is 0 Å². The molecular weight excluding hydrogens is 306 g/mol. The van der Waals surface area contributed by atoms with Gasteiger partial charge < -0.3 is 9.80 Å². The number of carbonyl (C=O) groups excluding carboxylic acids is 1. The summed E-state index contributed by atoms with van der Waals surface area (Å²) in [7, 11) is 0. The van der Waals surface area contributed by atoms with Gasteiger partial charge in [0.2, 0.25) is 0 Å². The van der Waals surface area contributed by atoms with E-state index in [1.807, 2.05) is 4.90 Å². The molecule has 0 bridgehead atoms. The predicted molar refractivity (Wildman–Crippen MR) is 91.0 cm³/mol. The van der Waals surface area contributed by atoms with Gasteiger partial charge in [0, 0.05) is 23.6 Å². The molecule has 0 saturated carbocycles. The van der Waals surface area contributed by atoms with Crippen molar-refractivity contribution in [1.82, 2.24) is 4.90 Å². The lowest BCUT2D eigenvalue weighted by Crippen LogP contribution is -3.15. The molecule has 1 amide bonds. The van der Waals surface area contributed by atoms with Crippen LogP contribution in [0.1, 0.15) is 29.6 Å². The van der Waals surface area contributed by atoms with Crippen molar-refractivity contribution in [3.8, 4) is 0 Å². The Kier molecular flexibility index (Phi) is 5.25. The lowest BCUT2D eigenvalue weighted by atomic mass is 9.94. The van der Waals surface area contributed by atoms with E-state index in [1.54, 1.807) is 17.0 Å². The molecule has 0 aromatic heterocycles. The van der Waals surface area contributed by atoms with Crippen LogP contribution < -0.4 is 4.90 Å². The largest absolute Gasteiger partial charge is 0.332 e. The van der Waals surface area contributed by atoms with Crippen LogP contribution in [0.25, 0.3) is 0 Å². The van der Waals surface area contributed by atoms with E-state index in [0.29, 0.717) is 5.56 Å². The van der Waals surface area contributed by atoms with Crippen molar-refractivity contribution in [3.05, 3.63) is 52.1 Å². The highest BCUT2D eigenvalue weighted by atomic mass is 16.6. The lowest BCUT2D eigenvalue weighted by molar-refractivity contribution is -0.907. The highest BCUT2D eigenvalue weighted by molar-refractivity contribution is 5.94. The number of non-ortho nitro benzene ring substituents is 1. The number of nitro groups is 1. The summed E-state index contributed by atoms with van der Waals surface area (Å²) in [5, 5.41) is 10.7. The van der Waals surface area contributed by atoms with Gasteiger partial charge in [-0.05, 0) is 31.4 Å². The molecule has 1 atom stereocenters. The molecule has 1 fully saturated rings. The average molecular weight is 330 g/mol. The first kappa shape index (κ1) is 16.6. The second-order valence-corrected chi connectivity index (χ2v) is 6.70. The molecule has 0 radical (unpaired) electrons. The zero-order valence-corrected chi connectivity index (χ0v) is 13.8. The second-order valence-electron chi connectivity index (χ2n) is 6.70. The summed E-state index contributed by atoms with van der Waals surface area (Å²) in [5.41, 5.74) is 0.545. The summed E-state index contributed by atoms with van der Waals surface area (Å²) >= 11 is 0. The van der Waals surface area contributed by atoms with E-state index >= 15 is 0 Å². The van der Waals surface area contributed by atoms with Crippen LogP contribution in [0.15, 0.2) is 36.4 Å². The maximum atomic E-state index is 12.5. The molecule has 1 aromatic carbocycles. The van der Waals surface area contributed by atoms with Crippen LogP contribution in [-0.2, 0) is 0 Å². The van der Waals surface area contributed by atoms with Gasteiger partial charge in [0.05, 0.1) is 37.6 Å². The van der Waals surface area contributed by atoms with Crippen molar-refractivity contribution >= 4 is 11.6 Å². The predicted octanol–water partition coefficient (Wildman–Crippen LogP) is 1.29. The van der Waals surface area contributed by atoms with Gasteiger partial charge >= 0.3 is 0 Å². The Hall–Kier alpha value is -2.21. The van der Waals surface area contributed by atoms with Crippen LogP contribution in [0.4, 0.5) is 5.69 Å². The fourth-order valence-corrected chi connectivity index (χ4v) is 3.59. The van der Waals surface area contributed by atoms with Gasteiger partial charge in [0.1, 0.15) is 0 Å². The van der Waals surface area contributed by atoms with Gasteiger partial charge in [-0.25, -0.2) is 0 Å². The molecule has 24 heavy (non-hydrogen) atoms. The third kappa shape index (κ3) is 4.00. The van der Waals surface area contributed by atoms with E-state index < -0.39 is 4.92 Å². The van der Waals surface area contributed by atoms with Gasteiger partial charge in [-0.3, -0.25) is 14.9 Å². The van der Waals surface area contributed by atoms with E-state index in [0.717, 1.165) is 32.1 Å². The minimum atomic E-state index is -0.448. The number of nitrogens with zero attached hydrogens (tertiary/aromatic N) is 2. The second kappa shape index (κ2) is 7.57. The highest BCUT2D eigenvalue weighted by Crippen LogP contribution is 2.16. The molecule has 3 rings (SSSR count). The van der Waals surface area contributed by atoms with Crippen LogP contribution in [0.3, 0.4) is 0 Å². The van der Waals surface area contributed by atoms with E-state index in [9.17, 15) is 14.9 Å². The Labute approximate surface area is 141 Å².